The molecule has 0 aliphatic heterocycles. The van der Waals surface area contributed by atoms with E-state index in [9.17, 15) is 9.59 Å². The summed E-state index contributed by atoms with van der Waals surface area (Å²) in [4.78, 5) is 23.0. The summed E-state index contributed by atoms with van der Waals surface area (Å²) in [7, 11) is 0. The van der Waals surface area contributed by atoms with Gasteiger partial charge in [0.1, 0.15) is 0 Å². The molecule has 3 heteroatoms. The van der Waals surface area contributed by atoms with E-state index in [0.29, 0.717) is 6.42 Å². The highest BCUT2D eigenvalue weighted by molar-refractivity contribution is 5.85. The molecule has 0 bridgehead atoms. The van der Waals surface area contributed by atoms with Crippen molar-refractivity contribution in [2.24, 2.45) is 5.41 Å². The van der Waals surface area contributed by atoms with Crippen LogP contribution >= 0.6 is 0 Å². The minimum Gasteiger partial charge on any atom is -0.454 e. The molecule has 1 atom stereocenters. The van der Waals surface area contributed by atoms with E-state index in [-0.39, 0.29) is 11.8 Å². The van der Waals surface area contributed by atoms with Gasteiger partial charge in [0, 0.05) is 0 Å². The third-order valence-electron chi connectivity index (χ3n) is 3.13. The number of hydrogen-bond acceptors (Lipinski definition) is 3. The zero-order valence-corrected chi connectivity index (χ0v) is 10.4. The van der Waals surface area contributed by atoms with Gasteiger partial charge in [0.15, 0.2) is 11.9 Å². The van der Waals surface area contributed by atoms with Gasteiger partial charge >= 0.3 is 5.97 Å². The van der Waals surface area contributed by atoms with Crippen molar-refractivity contribution in [2.75, 3.05) is 0 Å². The van der Waals surface area contributed by atoms with Crippen molar-refractivity contribution in [1.82, 2.24) is 0 Å². The van der Waals surface area contributed by atoms with E-state index < -0.39 is 11.5 Å². The molecule has 0 radical (unpaired) electrons. The lowest BCUT2D eigenvalue weighted by molar-refractivity contribution is -0.164. The fourth-order valence-corrected chi connectivity index (χ4v) is 1.26. The molecule has 0 N–H and O–H groups in total. The van der Waals surface area contributed by atoms with Crippen LogP contribution in [0.5, 0.6) is 0 Å². The molecule has 0 aliphatic carbocycles. The number of esters is 1. The van der Waals surface area contributed by atoms with Crippen LogP contribution in [0.2, 0.25) is 0 Å². The molecule has 0 aromatic rings. The first-order valence-corrected chi connectivity index (χ1v) is 5.62. The van der Waals surface area contributed by atoms with Crippen LogP contribution in [0.1, 0.15) is 53.9 Å². The van der Waals surface area contributed by atoms with Crippen LogP contribution in [0.25, 0.3) is 0 Å². The lowest BCUT2D eigenvalue weighted by atomic mass is 9.85. The fraction of sp³-hybridized carbons (Fsp3) is 0.833. The standard InChI is InChI=1S/C12H22O3/c1-6-10(9(4)13)15-11(14)12(5,7-2)8-3/h10H,6-8H2,1-5H3. The molecule has 88 valence electrons. The molecule has 0 heterocycles. The smallest absolute Gasteiger partial charge is 0.312 e. The molecular formula is C12H22O3. The normalized spacial score (nSPS) is 13.4. The largest absolute Gasteiger partial charge is 0.454 e. The maximum atomic E-state index is 11.8. The lowest BCUT2D eigenvalue weighted by Gasteiger charge is -2.26. The van der Waals surface area contributed by atoms with Gasteiger partial charge in [-0.15, -0.1) is 0 Å². The van der Waals surface area contributed by atoms with E-state index in [1.807, 2.05) is 27.7 Å². The molecule has 15 heavy (non-hydrogen) atoms. The maximum absolute atomic E-state index is 11.8. The first kappa shape index (κ1) is 14.1. The Hall–Kier alpha value is -0.860. The Kier molecular flexibility index (Phi) is 5.55. The van der Waals surface area contributed by atoms with E-state index in [1.54, 1.807) is 0 Å². The average Bonchev–Trinajstić information content (AvgIpc) is 2.23. The Morgan fingerprint density at radius 2 is 1.67 bits per heavy atom. The molecule has 0 saturated carbocycles. The van der Waals surface area contributed by atoms with Crippen LogP contribution in [0.4, 0.5) is 0 Å². The van der Waals surface area contributed by atoms with E-state index >= 15 is 0 Å². The van der Waals surface area contributed by atoms with Crippen molar-refractivity contribution < 1.29 is 14.3 Å². The minimum absolute atomic E-state index is 0.0830. The monoisotopic (exact) mass is 214 g/mol. The number of ether oxygens (including phenoxy) is 1. The number of Topliss-reactive ketones (excluding diaryl/α,β-unsaturated/α-hetero) is 1. The highest BCUT2D eigenvalue weighted by atomic mass is 16.5. The second-order valence-corrected chi connectivity index (χ2v) is 4.18. The summed E-state index contributed by atoms with van der Waals surface area (Å²) in [5.74, 6) is -0.338. The van der Waals surface area contributed by atoms with Crippen molar-refractivity contribution in [1.29, 1.82) is 0 Å². The van der Waals surface area contributed by atoms with Gasteiger partial charge in [0.25, 0.3) is 0 Å². The van der Waals surface area contributed by atoms with Crippen LogP contribution in [0, 0.1) is 5.41 Å². The van der Waals surface area contributed by atoms with Crippen LogP contribution in [0.15, 0.2) is 0 Å². The van der Waals surface area contributed by atoms with Gasteiger partial charge in [-0.1, -0.05) is 20.8 Å². The van der Waals surface area contributed by atoms with Gasteiger partial charge < -0.3 is 4.74 Å². The second-order valence-electron chi connectivity index (χ2n) is 4.18. The first-order valence-electron chi connectivity index (χ1n) is 5.62. The molecule has 0 amide bonds. The van der Waals surface area contributed by atoms with Crippen molar-refractivity contribution >= 4 is 11.8 Å². The summed E-state index contributed by atoms with van der Waals surface area (Å²) < 4.78 is 5.22. The molecule has 0 aliphatic rings. The molecule has 0 fully saturated rings. The molecule has 0 spiro atoms. The fourth-order valence-electron chi connectivity index (χ4n) is 1.26. The quantitative estimate of drug-likeness (QED) is 0.638. The number of carbonyl (C=O) groups excluding carboxylic acids is 2. The van der Waals surface area contributed by atoms with E-state index in [0.717, 1.165) is 12.8 Å². The number of hydrogen-bond donors (Lipinski definition) is 0. The Morgan fingerprint density at radius 3 is 1.93 bits per heavy atom. The summed E-state index contributed by atoms with van der Waals surface area (Å²) in [6.45, 7) is 9.09. The zero-order chi connectivity index (χ0) is 12.1. The molecule has 0 rings (SSSR count). The molecule has 3 nitrogen and oxygen atoms in total. The number of rotatable bonds is 6. The summed E-state index contributed by atoms with van der Waals surface area (Å²) in [6, 6.07) is 0. The molecular weight excluding hydrogens is 192 g/mol. The predicted octanol–water partition coefficient (Wildman–Crippen LogP) is 2.72. The summed E-state index contributed by atoms with van der Waals surface area (Å²) in [5, 5.41) is 0. The molecule has 1 unspecified atom stereocenters. The van der Waals surface area contributed by atoms with Gasteiger partial charge in [-0.05, 0) is 33.1 Å². The van der Waals surface area contributed by atoms with E-state index in [2.05, 4.69) is 0 Å². The number of ketones is 1. The molecule has 0 saturated heterocycles. The predicted molar refractivity (Wildman–Crippen MR) is 59.5 cm³/mol. The van der Waals surface area contributed by atoms with Crippen LogP contribution in [-0.2, 0) is 14.3 Å². The van der Waals surface area contributed by atoms with Gasteiger partial charge in [-0.3, -0.25) is 9.59 Å². The Morgan fingerprint density at radius 1 is 1.20 bits per heavy atom. The van der Waals surface area contributed by atoms with Crippen molar-refractivity contribution in [3.8, 4) is 0 Å². The summed E-state index contributed by atoms with van der Waals surface area (Å²) in [5.41, 5.74) is -0.455. The van der Waals surface area contributed by atoms with E-state index in [1.165, 1.54) is 6.92 Å². The Labute approximate surface area is 92.2 Å². The number of carbonyl (C=O) groups is 2. The zero-order valence-electron chi connectivity index (χ0n) is 10.4. The third kappa shape index (κ3) is 3.65. The average molecular weight is 214 g/mol. The van der Waals surface area contributed by atoms with Crippen molar-refractivity contribution in [2.45, 2.75) is 60.0 Å². The highest BCUT2D eigenvalue weighted by Crippen LogP contribution is 2.27. The first-order chi connectivity index (χ1) is 6.91. The second kappa shape index (κ2) is 5.89. The highest BCUT2D eigenvalue weighted by Gasteiger charge is 2.33. The Bertz CT molecular complexity index is 229. The lowest BCUT2D eigenvalue weighted by Crippen LogP contribution is -2.34. The summed E-state index contributed by atoms with van der Waals surface area (Å²) in [6.07, 6.45) is 1.44. The topological polar surface area (TPSA) is 43.4 Å². The minimum atomic E-state index is -0.574. The SMILES string of the molecule is CCC(OC(=O)C(C)(CC)CC)C(C)=O. The van der Waals surface area contributed by atoms with Gasteiger partial charge in [0.05, 0.1) is 5.41 Å². The molecule has 0 aromatic carbocycles. The van der Waals surface area contributed by atoms with Crippen molar-refractivity contribution in [3.63, 3.8) is 0 Å². The third-order valence-corrected chi connectivity index (χ3v) is 3.13. The summed E-state index contributed by atoms with van der Waals surface area (Å²) >= 11 is 0. The Balaban J connectivity index is 4.52. The van der Waals surface area contributed by atoms with Crippen LogP contribution < -0.4 is 0 Å². The van der Waals surface area contributed by atoms with Gasteiger partial charge in [0.2, 0.25) is 0 Å². The van der Waals surface area contributed by atoms with Crippen molar-refractivity contribution in [3.05, 3.63) is 0 Å². The van der Waals surface area contributed by atoms with Gasteiger partial charge in [-0.25, -0.2) is 0 Å². The molecule has 0 aromatic heterocycles. The van der Waals surface area contributed by atoms with Gasteiger partial charge in [-0.2, -0.15) is 0 Å². The van der Waals surface area contributed by atoms with E-state index in [4.69, 9.17) is 4.74 Å². The van der Waals surface area contributed by atoms with Crippen LogP contribution in [-0.4, -0.2) is 17.9 Å². The van der Waals surface area contributed by atoms with Crippen LogP contribution in [0.3, 0.4) is 0 Å². The maximum Gasteiger partial charge on any atom is 0.312 e.